The van der Waals surface area contributed by atoms with Crippen LogP contribution in [0.2, 0.25) is 5.02 Å². The molecule has 2 heterocycles. The van der Waals surface area contributed by atoms with Crippen LogP contribution in [0.4, 0.5) is 5.69 Å². The molecule has 4 N–H and O–H groups in total. The van der Waals surface area contributed by atoms with Gasteiger partial charge < -0.3 is 30.7 Å². The Kier molecular flexibility index (Phi) is 7.57. The van der Waals surface area contributed by atoms with Crippen LogP contribution in [0.5, 0.6) is 0 Å². The topological polar surface area (TPSA) is 140 Å². The zero-order valence-electron chi connectivity index (χ0n) is 17.9. The largest absolute Gasteiger partial charge is 0.433 e. The first-order chi connectivity index (χ1) is 15.2. The van der Waals surface area contributed by atoms with E-state index in [1.807, 2.05) is 0 Å². The molecule has 3 rings (SSSR count). The van der Waals surface area contributed by atoms with Crippen molar-refractivity contribution in [1.29, 1.82) is 0 Å². The van der Waals surface area contributed by atoms with Gasteiger partial charge in [0.1, 0.15) is 18.1 Å². The molecule has 1 aromatic rings. The van der Waals surface area contributed by atoms with Crippen LogP contribution in [-0.2, 0) is 23.9 Å². The summed E-state index contributed by atoms with van der Waals surface area (Å²) in [4.78, 5) is 51.4. The quantitative estimate of drug-likeness (QED) is 0.399. The normalized spacial score (nSPS) is 23.5. The Labute approximate surface area is 190 Å². The van der Waals surface area contributed by atoms with Crippen LogP contribution in [0.1, 0.15) is 43.5 Å². The number of benzene rings is 1. The lowest BCUT2D eigenvalue weighted by atomic mass is 10.1. The van der Waals surface area contributed by atoms with Crippen LogP contribution in [0.25, 0.3) is 0 Å². The van der Waals surface area contributed by atoms with Gasteiger partial charge in [-0.3, -0.25) is 19.2 Å². The van der Waals surface area contributed by atoms with Gasteiger partial charge in [0.15, 0.2) is 0 Å². The lowest BCUT2D eigenvalue weighted by Crippen LogP contribution is -2.54. The van der Waals surface area contributed by atoms with E-state index in [1.165, 1.54) is 23.1 Å². The number of cyclic esters (lactones) is 1. The molecule has 0 aliphatic carbocycles. The summed E-state index contributed by atoms with van der Waals surface area (Å²) >= 11 is 5.96. The minimum Gasteiger partial charge on any atom is -0.433 e. The van der Waals surface area contributed by atoms with Gasteiger partial charge in [-0.1, -0.05) is 11.6 Å². The average molecular weight is 467 g/mol. The number of nitrogens with two attached hydrogens (primary N) is 1. The number of nitrogens with one attached hydrogen (secondary N) is 2. The van der Waals surface area contributed by atoms with Gasteiger partial charge in [0.2, 0.25) is 18.1 Å². The highest BCUT2D eigenvalue weighted by Crippen LogP contribution is 2.22. The number of hydrogen-bond donors (Lipinski definition) is 3. The molecule has 1 unspecified atom stereocenters. The molecule has 3 amide bonds. The number of rotatable bonds is 7. The highest BCUT2D eigenvalue weighted by Gasteiger charge is 2.41. The van der Waals surface area contributed by atoms with Crippen LogP contribution in [0, 0.1) is 0 Å². The molecule has 174 valence electrons. The van der Waals surface area contributed by atoms with Gasteiger partial charge in [0.05, 0.1) is 17.1 Å². The number of ether oxygens (including phenoxy) is 2. The first kappa shape index (κ1) is 23.8. The van der Waals surface area contributed by atoms with Gasteiger partial charge in [-0.2, -0.15) is 0 Å². The number of anilines is 1. The predicted molar refractivity (Wildman–Crippen MR) is 116 cm³/mol. The summed E-state index contributed by atoms with van der Waals surface area (Å²) in [6.45, 7) is 4.03. The highest BCUT2D eigenvalue weighted by atomic mass is 35.5. The van der Waals surface area contributed by atoms with Gasteiger partial charge >= 0.3 is 5.97 Å². The number of hydrogen-bond acceptors (Lipinski definition) is 7. The predicted octanol–water partition coefficient (Wildman–Crippen LogP) is 0.826. The number of amides is 3. The molecule has 0 aromatic heterocycles. The molecule has 1 aromatic carbocycles. The summed E-state index contributed by atoms with van der Waals surface area (Å²) in [6, 6.07) is 2.28. The smallest absolute Gasteiger partial charge is 0.310 e. The molecule has 2 aliphatic rings. The van der Waals surface area contributed by atoms with E-state index in [1.54, 1.807) is 13.8 Å². The van der Waals surface area contributed by atoms with E-state index in [9.17, 15) is 19.2 Å². The van der Waals surface area contributed by atoms with E-state index in [4.69, 9.17) is 26.8 Å². The fraction of sp³-hybridized carbons (Fsp3) is 0.524. The van der Waals surface area contributed by atoms with Crippen molar-refractivity contribution in [3.63, 3.8) is 0 Å². The Balaban J connectivity index is 1.61. The van der Waals surface area contributed by atoms with Gasteiger partial charge in [0.25, 0.3) is 5.91 Å². The monoisotopic (exact) mass is 466 g/mol. The number of nitrogen functional groups attached to an aromatic ring is 1. The number of esters is 1. The zero-order chi connectivity index (χ0) is 23.4. The van der Waals surface area contributed by atoms with Crippen molar-refractivity contribution < 1.29 is 28.7 Å². The molecule has 0 saturated carbocycles. The van der Waals surface area contributed by atoms with Crippen molar-refractivity contribution in [2.24, 2.45) is 0 Å². The first-order valence-corrected chi connectivity index (χ1v) is 10.9. The molecule has 2 saturated heterocycles. The fourth-order valence-corrected chi connectivity index (χ4v) is 3.99. The van der Waals surface area contributed by atoms with Crippen LogP contribution < -0.4 is 16.4 Å². The maximum atomic E-state index is 13.0. The summed E-state index contributed by atoms with van der Waals surface area (Å²) in [5.41, 5.74) is 6.28. The van der Waals surface area contributed by atoms with E-state index < -0.39 is 36.3 Å². The Bertz CT molecular complexity index is 910. The van der Waals surface area contributed by atoms with Crippen molar-refractivity contribution >= 4 is 41.0 Å². The van der Waals surface area contributed by atoms with Crippen molar-refractivity contribution in [2.75, 3.05) is 18.9 Å². The van der Waals surface area contributed by atoms with Crippen LogP contribution in [0.3, 0.4) is 0 Å². The second kappa shape index (κ2) is 10.2. The van der Waals surface area contributed by atoms with Crippen LogP contribution >= 0.6 is 11.6 Å². The highest BCUT2D eigenvalue weighted by molar-refractivity contribution is 6.33. The average Bonchev–Trinajstić information content (AvgIpc) is 3.36. The number of halogens is 1. The van der Waals surface area contributed by atoms with Gasteiger partial charge in [0, 0.05) is 18.7 Å². The number of carbonyl (C=O) groups is 4. The number of likely N-dealkylation sites (tertiary alicyclic amines) is 1. The third-order valence-electron chi connectivity index (χ3n) is 5.44. The molecule has 0 radical (unpaired) electrons. The maximum absolute atomic E-state index is 13.0. The van der Waals surface area contributed by atoms with E-state index in [2.05, 4.69) is 10.6 Å². The number of carbonyl (C=O) groups excluding carboxylic acids is 4. The maximum Gasteiger partial charge on any atom is 0.310 e. The fourth-order valence-electron chi connectivity index (χ4n) is 3.81. The third-order valence-corrected chi connectivity index (χ3v) is 5.77. The molecule has 11 heteroatoms. The lowest BCUT2D eigenvalue weighted by molar-refractivity contribution is -0.164. The molecule has 32 heavy (non-hydrogen) atoms. The lowest BCUT2D eigenvalue weighted by Gasteiger charge is -2.28. The second-order valence-electron chi connectivity index (χ2n) is 7.75. The molecule has 2 aliphatic heterocycles. The standard InChI is InChI=1S/C21H27ClN4O6/c1-3-31-21-15(10-17(27)32-21)25-19(29)16-5-4-8-26(16)20(30)11(2)24-18(28)12-6-7-14(23)13(22)9-12/h6-7,9,11,15-16,21H,3-5,8,10,23H2,1-2H3,(H,24,28)(H,25,29)/t11-,15?,16-,21-/m0/s1. The zero-order valence-corrected chi connectivity index (χ0v) is 18.7. The van der Waals surface area contributed by atoms with E-state index in [-0.39, 0.29) is 28.8 Å². The first-order valence-electron chi connectivity index (χ1n) is 10.5. The third kappa shape index (κ3) is 5.31. The Hall–Kier alpha value is -2.85. The van der Waals surface area contributed by atoms with Gasteiger partial charge in [-0.15, -0.1) is 0 Å². The van der Waals surface area contributed by atoms with Gasteiger partial charge in [-0.25, -0.2) is 0 Å². The van der Waals surface area contributed by atoms with E-state index in [0.717, 1.165) is 0 Å². The van der Waals surface area contributed by atoms with E-state index in [0.29, 0.717) is 31.7 Å². The minimum atomic E-state index is -0.861. The Morgan fingerprint density at radius 1 is 1.38 bits per heavy atom. The molecule has 0 bridgehead atoms. The summed E-state index contributed by atoms with van der Waals surface area (Å²) in [6.07, 6.45) is 0.292. The molecular weight excluding hydrogens is 440 g/mol. The van der Waals surface area contributed by atoms with Crippen molar-refractivity contribution in [2.45, 2.75) is 57.5 Å². The molecular formula is C21H27ClN4O6. The van der Waals surface area contributed by atoms with Crippen molar-refractivity contribution in [3.8, 4) is 0 Å². The second-order valence-corrected chi connectivity index (χ2v) is 8.16. The Morgan fingerprint density at radius 3 is 2.81 bits per heavy atom. The van der Waals surface area contributed by atoms with Crippen LogP contribution in [-0.4, -0.2) is 66.2 Å². The Morgan fingerprint density at radius 2 is 2.12 bits per heavy atom. The summed E-state index contributed by atoms with van der Waals surface area (Å²) in [5.74, 6) is -1.69. The van der Waals surface area contributed by atoms with Gasteiger partial charge in [-0.05, 0) is 44.9 Å². The van der Waals surface area contributed by atoms with Crippen LogP contribution in [0.15, 0.2) is 18.2 Å². The molecule has 10 nitrogen and oxygen atoms in total. The summed E-state index contributed by atoms with van der Waals surface area (Å²) in [5, 5.41) is 5.65. The number of nitrogens with zero attached hydrogens (tertiary/aromatic N) is 1. The summed E-state index contributed by atoms with van der Waals surface area (Å²) in [7, 11) is 0. The minimum absolute atomic E-state index is 0.00762. The molecule has 2 fully saturated rings. The summed E-state index contributed by atoms with van der Waals surface area (Å²) < 4.78 is 10.4. The molecule has 4 atom stereocenters. The van der Waals surface area contributed by atoms with Crippen molar-refractivity contribution in [3.05, 3.63) is 28.8 Å². The molecule has 0 spiro atoms. The SMILES string of the molecule is CCO[C@H]1OC(=O)CC1NC(=O)[C@@H]1CCCN1C(=O)[C@H](C)NC(=O)c1ccc(N)c(Cl)c1. The van der Waals surface area contributed by atoms with E-state index >= 15 is 0 Å². The van der Waals surface area contributed by atoms with Crippen molar-refractivity contribution in [1.82, 2.24) is 15.5 Å².